The van der Waals surface area contributed by atoms with Crippen molar-refractivity contribution < 1.29 is 39.5 Å². The van der Waals surface area contributed by atoms with E-state index in [-0.39, 0.29) is 46.6 Å². The summed E-state index contributed by atoms with van der Waals surface area (Å²) in [5.74, 6) is -5.69. The first-order valence-electron chi connectivity index (χ1n) is 11.1. The van der Waals surface area contributed by atoms with Crippen LogP contribution in [0.4, 0.5) is 0 Å². The smallest absolute Gasteiger partial charge is 0.209 e. The highest BCUT2D eigenvalue weighted by Gasteiger charge is 2.67. The van der Waals surface area contributed by atoms with E-state index in [1.807, 2.05) is 0 Å². The Bertz CT molecular complexity index is 1180. The monoisotopic (exact) mass is 471 g/mol. The van der Waals surface area contributed by atoms with Gasteiger partial charge in [-0.05, 0) is 39.1 Å². The molecule has 3 aliphatic carbocycles. The van der Waals surface area contributed by atoms with Gasteiger partial charge >= 0.3 is 0 Å². The van der Waals surface area contributed by atoms with E-state index in [2.05, 4.69) is 0 Å². The average molecular weight is 472 g/mol. The molecular formula is C25H29NO8. The first kappa shape index (κ1) is 24.1. The lowest BCUT2D eigenvalue weighted by Crippen LogP contribution is -2.68. The molecule has 5 atom stereocenters. The fourth-order valence-electron chi connectivity index (χ4n) is 5.91. The number of ether oxygens (including phenoxy) is 1. The van der Waals surface area contributed by atoms with Crippen molar-refractivity contribution in [2.24, 2.45) is 11.8 Å². The molecule has 0 aromatic heterocycles. The highest BCUT2D eigenvalue weighted by molar-refractivity contribution is 6.33. The lowest BCUT2D eigenvalue weighted by Gasteiger charge is -2.53. The van der Waals surface area contributed by atoms with Gasteiger partial charge in [-0.15, -0.1) is 0 Å². The third kappa shape index (κ3) is 2.87. The molecule has 1 aromatic rings. The summed E-state index contributed by atoms with van der Waals surface area (Å²) in [5.41, 5.74) is -4.98. The first-order valence-corrected chi connectivity index (χ1v) is 11.1. The molecule has 182 valence electrons. The Hall–Kier alpha value is -3.01. The molecule has 34 heavy (non-hydrogen) atoms. The Labute approximate surface area is 197 Å². The molecule has 5 unspecified atom stereocenters. The van der Waals surface area contributed by atoms with E-state index in [0.29, 0.717) is 0 Å². The number of rotatable bonds is 4. The number of aliphatic hydroxyl groups is 3. The van der Waals surface area contributed by atoms with Gasteiger partial charge in [0.2, 0.25) is 11.6 Å². The maximum atomic E-state index is 13.9. The third-order valence-electron chi connectivity index (χ3n) is 7.57. The number of phenolic OH excluding ortho intramolecular Hbond substituents is 1. The first-order chi connectivity index (χ1) is 15.8. The number of ketones is 3. The summed E-state index contributed by atoms with van der Waals surface area (Å²) in [5, 5.41) is 44.8. The highest BCUT2D eigenvalue weighted by atomic mass is 16.5. The fraction of sp³-hybridized carbons (Fsp3) is 0.480. The zero-order valence-electron chi connectivity index (χ0n) is 19.7. The van der Waals surface area contributed by atoms with Crippen molar-refractivity contribution in [2.45, 2.75) is 43.9 Å². The summed E-state index contributed by atoms with van der Waals surface area (Å²) < 4.78 is 5.50. The quantitative estimate of drug-likeness (QED) is 0.376. The maximum Gasteiger partial charge on any atom is 0.209 e. The zero-order chi connectivity index (χ0) is 25.3. The summed E-state index contributed by atoms with van der Waals surface area (Å²) in [6.07, 6.45) is -0.117. The van der Waals surface area contributed by atoms with Gasteiger partial charge in [-0.2, -0.15) is 0 Å². The van der Waals surface area contributed by atoms with Gasteiger partial charge in [-0.3, -0.25) is 19.3 Å². The number of fused-ring (bicyclic) bond motifs is 3. The number of hydrogen-bond donors (Lipinski definition) is 4. The molecule has 0 spiro atoms. The Kier molecular flexibility index (Phi) is 5.51. The van der Waals surface area contributed by atoms with Gasteiger partial charge in [0.05, 0.1) is 24.3 Å². The third-order valence-corrected chi connectivity index (χ3v) is 7.57. The molecule has 9 heteroatoms. The van der Waals surface area contributed by atoms with Crippen LogP contribution in [0.2, 0.25) is 0 Å². The summed E-state index contributed by atoms with van der Waals surface area (Å²) in [4.78, 5) is 41.9. The van der Waals surface area contributed by atoms with Gasteiger partial charge in [-0.25, -0.2) is 0 Å². The second-order valence-electron chi connectivity index (χ2n) is 9.56. The summed E-state index contributed by atoms with van der Waals surface area (Å²) in [6.45, 7) is 3.02. The number of phenols is 1. The zero-order valence-corrected chi connectivity index (χ0v) is 19.7. The fourth-order valence-corrected chi connectivity index (χ4v) is 5.91. The molecule has 1 aromatic carbocycles. The molecule has 1 saturated carbocycles. The van der Waals surface area contributed by atoms with Crippen LogP contribution in [-0.2, 0) is 24.7 Å². The molecule has 0 amide bonds. The van der Waals surface area contributed by atoms with E-state index in [1.54, 1.807) is 32.0 Å². The van der Waals surface area contributed by atoms with Crippen LogP contribution >= 0.6 is 0 Å². The van der Waals surface area contributed by atoms with Crippen molar-refractivity contribution in [2.75, 3.05) is 21.2 Å². The van der Waals surface area contributed by atoms with E-state index in [4.69, 9.17) is 4.74 Å². The van der Waals surface area contributed by atoms with Crippen molar-refractivity contribution >= 4 is 23.1 Å². The summed E-state index contributed by atoms with van der Waals surface area (Å²) >= 11 is 0. The topological polar surface area (TPSA) is 145 Å². The second kappa shape index (κ2) is 7.76. The minimum Gasteiger partial charge on any atom is -0.507 e. The molecule has 0 aliphatic heterocycles. The molecule has 4 rings (SSSR count). The number of likely N-dealkylation sites (N-methyl/N-ethyl adjacent to an activating group) is 1. The molecule has 0 saturated heterocycles. The summed E-state index contributed by atoms with van der Waals surface area (Å²) in [6, 6.07) is 3.54. The Morgan fingerprint density at radius 2 is 1.82 bits per heavy atom. The van der Waals surface area contributed by atoms with Gasteiger partial charge in [0.1, 0.15) is 22.8 Å². The maximum absolute atomic E-state index is 13.9. The normalized spacial score (nSPS) is 33.0. The van der Waals surface area contributed by atoms with E-state index in [0.717, 1.165) is 0 Å². The summed E-state index contributed by atoms with van der Waals surface area (Å²) in [7, 11) is 4.67. The van der Waals surface area contributed by atoms with Gasteiger partial charge in [-0.1, -0.05) is 19.1 Å². The Morgan fingerprint density at radius 1 is 1.18 bits per heavy atom. The number of Topliss-reactive ketones (excluding diaryl/α,β-unsaturated/α-hetero) is 3. The van der Waals surface area contributed by atoms with Crippen molar-refractivity contribution in [1.29, 1.82) is 0 Å². The van der Waals surface area contributed by atoms with E-state index >= 15 is 0 Å². The Morgan fingerprint density at radius 3 is 2.38 bits per heavy atom. The average Bonchev–Trinajstić information content (AvgIpc) is 2.78. The van der Waals surface area contributed by atoms with Crippen molar-refractivity contribution in [3.05, 3.63) is 46.2 Å². The van der Waals surface area contributed by atoms with Crippen molar-refractivity contribution in [1.82, 2.24) is 4.90 Å². The number of benzene rings is 1. The second-order valence-corrected chi connectivity index (χ2v) is 9.56. The number of nitrogens with zero attached hydrogens (tertiary/aromatic N) is 1. The number of hydrogen-bond acceptors (Lipinski definition) is 9. The highest BCUT2D eigenvalue weighted by Crippen LogP contribution is 2.57. The molecule has 0 bridgehead atoms. The van der Waals surface area contributed by atoms with Gasteiger partial charge in [0, 0.05) is 23.8 Å². The predicted octanol–water partition coefficient (Wildman–Crippen LogP) is 1.21. The number of methoxy groups -OCH3 is 1. The van der Waals surface area contributed by atoms with Crippen LogP contribution in [-0.4, -0.2) is 75.5 Å². The SMILES string of the molecule is CCC(=O)C1=C(OC)C(N(C)C)C2CC3C(=C(O)c4c(O)cccc4C3(C)O)C(=O)C2(O)C1=O. The van der Waals surface area contributed by atoms with Crippen LogP contribution < -0.4 is 0 Å². The van der Waals surface area contributed by atoms with Crippen molar-refractivity contribution in [3.8, 4) is 5.75 Å². The van der Waals surface area contributed by atoms with Crippen LogP contribution in [0.3, 0.4) is 0 Å². The van der Waals surface area contributed by atoms with E-state index in [1.165, 1.54) is 26.2 Å². The minimum atomic E-state index is -2.66. The molecule has 0 heterocycles. The van der Waals surface area contributed by atoms with Crippen LogP contribution in [0.1, 0.15) is 37.8 Å². The molecule has 9 nitrogen and oxygen atoms in total. The number of aromatic hydroxyl groups is 1. The van der Waals surface area contributed by atoms with Gasteiger partial charge < -0.3 is 25.2 Å². The van der Waals surface area contributed by atoms with Crippen molar-refractivity contribution in [3.63, 3.8) is 0 Å². The molecule has 3 aliphatic rings. The van der Waals surface area contributed by atoms with Crippen LogP contribution in [0, 0.1) is 11.8 Å². The number of aliphatic hydroxyl groups excluding tert-OH is 1. The lowest BCUT2D eigenvalue weighted by atomic mass is 9.54. The van der Waals surface area contributed by atoms with Gasteiger partial charge in [0.15, 0.2) is 11.4 Å². The van der Waals surface area contributed by atoms with E-state index in [9.17, 15) is 34.8 Å². The molecule has 0 radical (unpaired) electrons. The van der Waals surface area contributed by atoms with Crippen LogP contribution in [0.15, 0.2) is 35.1 Å². The minimum absolute atomic E-state index is 0.0461. The van der Waals surface area contributed by atoms with Crippen LogP contribution in [0.25, 0.3) is 5.76 Å². The largest absolute Gasteiger partial charge is 0.507 e. The number of carbonyl (C=O) groups excluding carboxylic acids is 3. The molecule has 1 fully saturated rings. The van der Waals surface area contributed by atoms with E-state index < -0.39 is 52.2 Å². The molecule has 4 N–H and O–H groups in total. The standard InChI is InChI=1S/C25H29NO8/c1-6-14(27)18-21(34-5)19(26(3)4)13-10-12-17(22(30)25(13,33)23(18)31)20(29)16-11(24(12,2)32)8-7-9-15(16)28/h7-9,12-13,19,28-29,32-33H,6,10H2,1-5H3. The van der Waals surface area contributed by atoms with Gasteiger partial charge in [0.25, 0.3) is 0 Å². The lowest BCUT2D eigenvalue weighted by molar-refractivity contribution is -0.166. The Balaban J connectivity index is 2.03. The number of carbonyl (C=O) groups is 3. The predicted molar refractivity (Wildman–Crippen MR) is 121 cm³/mol. The van der Waals surface area contributed by atoms with Crippen LogP contribution in [0.5, 0.6) is 5.75 Å². The molecular weight excluding hydrogens is 442 g/mol.